The first-order valence-corrected chi connectivity index (χ1v) is 7.70. The number of amides is 1. The summed E-state index contributed by atoms with van der Waals surface area (Å²) in [5.74, 6) is 0.0337. The van der Waals surface area contributed by atoms with Crippen LogP contribution < -0.4 is 5.32 Å². The van der Waals surface area contributed by atoms with Gasteiger partial charge in [0.25, 0.3) is 5.91 Å². The number of nitrogens with zero attached hydrogens (tertiary/aromatic N) is 1. The Morgan fingerprint density at radius 3 is 2.95 bits per heavy atom. The molecule has 0 bridgehead atoms. The zero-order valence-electron chi connectivity index (χ0n) is 11.6. The first-order chi connectivity index (χ1) is 10.6. The van der Waals surface area contributed by atoms with Crippen LogP contribution in [0.2, 0.25) is 10.0 Å². The Kier molecular flexibility index (Phi) is 4.66. The van der Waals surface area contributed by atoms with E-state index in [1.165, 1.54) is 6.26 Å². The standard InChI is InChI=1S/C15H14Cl2N2O3/c16-11-4-3-9(6-12(11)17)15-19-13(8-22-15)14(20)18-7-10-2-1-5-21-10/h3-4,6,8,10H,1-2,5,7H2,(H,18,20). The van der Waals surface area contributed by atoms with Gasteiger partial charge in [-0.3, -0.25) is 4.79 Å². The van der Waals surface area contributed by atoms with Gasteiger partial charge in [-0.2, -0.15) is 0 Å². The highest BCUT2D eigenvalue weighted by molar-refractivity contribution is 6.42. The van der Waals surface area contributed by atoms with Gasteiger partial charge in [0.2, 0.25) is 5.89 Å². The van der Waals surface area contributed by atoms with Gasteiger partial charge in [-0.15, -0.1) is 0 Å². The van der Waals surface area contributed by atoms with E-state index >= 15 is 0 Å². The second-order valence-electron chi connectivity index (χ2n) is 5.01. The topological polar surface area (TPSA) is 64.4 Å². The molecule has 1 atom stereocenters. The number of carbonyl (C=O) groups excluding carboxylic acids is 1. The van der Waals surface area contributed by atoms with Crippen molar-refractivity contribution in [2.45, 2.75) is 18.9 Å². The molecule has 1 saturated heterocycles. The van der Waals surface area contributed by atoms with Gasteiger partial charge < -0.3 is 14.5 Å². The van der Waals surface area contributed by atoms with Crippen LogP contribution in [-0.4, -0.2) is 30.1 Å². The third kappa shape index (κ3) is 3.43. The number of hydrogen-bond acceptors (Lipinski definition) is 4. The van der Waals surface area contributed by atoms with E-state index < -0.39 is 0 Å². The fourth-order valence-electron chi connectivity index (χ4n) is 2.24. The second kappa shape index (κ2) is 6.69. The van der Waals surface area contributed by atoms with Gasteiger partial charge in [-0.05, 0) is 31.0 Å². The highest BCUT2D eigenvalue weighted by Gasteiger charge is 2.18. The Morgan fingerprint density at radius 1 is 1.36 bits per heavy atom. The number of benzene rings is 1. The quantitative estimate of drug-likeness (QED) is 0.924. The fraction of sp³-hybridized carbons (Fsp3) is 0.333. The molecule has 1 unspecified atom stereocenters. The van der Waals surface area contributed by atoms with E-state index in [1.54, 1.807) is 18.2 Å². The van der Waals surface area contributed by atoms with Gasteiger partial charge in [0.05, 0.1) is 16.1 Å². The molecule has 0 saturated carbocycles. The van der Waals surface area contributed by atoms with Gasteiger partial charge >= 0.3 is 0 Å². The highest BCUT2D eigenvalue weighted by atomic mass is 35.5. The number of hydrogen-bond donors (Lipinski definition) is 1. The molecule has 0 aliphatic carbocycles. The predicted octanol–water partition coefficient (Wildman–Crippen LogP) is 3.56. The van der Waals surface area contributed by atoms with Crippen LogP contribution in [0.1, 0.15) is 23.3 Å². The number of carbonyl (C=O) groups is 1. The van der Waals surface area contributed by atoms with E-state index in [-0.39, 0.29) is 17.7 Å². The van der Waals surface area contributed by atoms with Crippen molar-refractivity contribution in [3.63, 3.8) is 0 Å². The molecule has 2 heterocycles. The molecule has 0 spiro atoms. The van der Waals surface area contributed by atoms with Gasteiger partial charge in [0.15, 0.2) is 5.69 Å². The first-order valence-electron chi connectivity index (χ1n) is 6.94. The van der Waals surface area contributed by atoms with E-state index in [4.69, 9.17) is 32.4 Å². The third-order valence-electron chi connectivity index (χ3n) is 3.42. The molecular weight excluding hydrogens is 327 g/mol. The number of nitrogens with one attached hydrogen (secondary N) is 1. The van der Waals surface area contributed by atoms with Crippen LogP contribution >= 0.6 is 23.2 Å². The molecular formula is C15H14Cl2N2O3. The van der Waals surface area contributed by atoms with Crippen LogP contribution in [0.3, 0.4) is 0 Å². The summed E-state index contributed by atoms with van der Waals surface area (Å²) in [5.41, 5.74) is 0.881. The van der Waals surface area contributed by atoms with E-state index in [0.717, 1.165) is 19.4 Å². The maximum Gasteiger partial charge on any atom is 0.273 e. The molecule has 0 radical (unpaired) electrons. The summed E-state index contributed by atoms with van der Waals surface area (Å²) >= 11 is 11.8. The molecule has 1 fully saturated rings. The minimum Gasteiger partial charge on any atom is -0.444 e. The number of halogens is 2. The number of rotatable bonds is 4. The Bertz CT molecular complexity index is 681. The van der Waals surface area contributed by atoms with Crippen LogP contribution in [0.15, 0.2) is 28.9 Å². The van der Waals surface area contributed by atoms with Crippen LogP contribution in [0.4, 0.5) is 0 Å². The van der Waals surface area contributed by atoms with E-state index in [0.29, 0.717) is 28.0 Å². The van der Waals surface area contributed by atoms with Crippen molar-refractivity contribution >= 4 is 29.1 Å². The molecule has 1 aliphatic rings. The molecule has 3 rings (SSSR count). The SMILES string of the molecule is O=C(NCC1CCCO1)c1coc(-c2ccc(Cl)c(Cl)c2)n1. The minimum atomic E-state index is -0.287. The third-order valence-corrected chi connectivity index (χ3v) is 4.16. The van der Waals surface area contributed by atoms with Crippen molar-refractivity contribution in [1.29, 1.82) is 0 Å². The number of aromatic nitrogens is 1. The van der Waals surface area contributed by atoms with Crippen molar-refractivity contribution in [2.24, 2.45) is 0 Å². The largest absolute Gasteiger partial charge is 0.444 e. The summed E-state index contributed by atoms with van der Waals surface area (Å²) in [5, 5.41) is 3.65. The average molecular weight is 341 g/mol. The van der Waals surface area contributed by atoms with Crippen LogP contribution in [-0.2, 0) is 4.74 Å². The molecule has 1 N–H and O–H groups in total. The smallest absolute Gasteiger partial charge is 0.273 e. The molecule has 1 aromatic heterocycles. The van der Waals surface area contributed by atoms with Gasteiger partial charge in [-0.25, -0.2) is 4.98 Å². The van der Waals surface area contributed by atoms with Gasteiger partial charge in [-0.1, -0.05) is 23.2 Å². The molecule has 1 amide bonds. The van der Waals surface area contributed by atoms with Crippen molar-refractivity contribution in [1.82, 2.24) is 10.3 Å². The molecule has 7 heteroatoms. The summed E-state index contributed by atoms with van der Waals surface area (Å²) in [4.78, 5) is 16.2. The van der Waals surface area contributed by atoms with Crippen LogP contribution in [0.25, 0.3) is 11.5 Å². The lowest BCUT2D eigenvalue weighted by Gasteiger charge is -2.09. The Labute approximate surface area is 137 Å². The summed E-state index contributed by atoms with van der Waals surface area (Å²) in [6.45, 7) is 1.24. The molecule has 5 nitrogen and oxygen atoms in total. The fourth-order valence-corrected chi connectivity index (χ4v) is 2.54. The summed E-state index contributed by atoms with van der Waals surface area (Å²) in [6.07, 6.45) is 3.41. The summed E-state index contributed by atoms with van der Waals surface area (Å²) < 4.78 is 10.8. The molecule has 116 valence electrons. The van der Waals surface area contributed by atoms with Crippen molar-refractivity contribution in [3.05, 3.63) is 40.2 Å². The zero-order chi connectivity index (χ0) is 15.5. The zero-order valence-corrected chi connectivity index (χ0v) is 13.2. The van der Waals surface area contributed by atoms with Crippen molar-refractivity contribution in [2.75, 3.05) is 13.2 Å². The predicted molar refractivity (Wildman–Crippen MR) is 83.3 cm³/mol. The molecule has 2 aromatic rings. The Hall–Kier alpha value is -1.56. The monoisotopic (exact) mass is 340 g/mol. The molecule has 1 aliphatic heterocycles. The van der Waals surface area contributed by atoms with Gasteiger partial charge in [0.1, 0.15) is 6.26 Å². The van der Waals surface area contributed by atoms with E-state index in [1.807, 2.05) is 0 Å². The maximum atomic E-state index is 12.0. The van der Waals surface area contributed by atoms with Gasteiger partial charge in [0, 0.05) is 18.7 Å². The van der Waals surface area contributed by atoms with Crippen molar-refractivity contribution < 1.29 is 13.9 Å². The lowest BCUT2D eigenvalue weighted by molar-refractivity contribution is 0.0853. The van der Waals surface area contributed by atoms with Crippen molar-refractivity contribution in [3.8, 4) is 11.5 Å². The number of oxazole rings is 1. The maximum absolute atomic E-state index is 12.0. The van der Waals surface area contributed by atoms with E-state index in [2.05, 4.69) is 10.3 Å². The van der Waals surface area contributed by atoms with Crippen LogP contribution in [0.5, 0.6) is 0 Å². The number of ether oxygens (including phenoxy) is 1. The second-order valence-corrected chi connectivity index (χ2v) is 5.83. The minimum absolute atomic E-state index is 0.0883. The summed E-state index contributed by atoms with van der Waals surface area (Å²) in [7, 11) is 0. The molecule has 1 aromatic carbocycles. The van der Waals surface area contributed by atoms with E-state index in [9.17, 15) is 4.79 Å². The lowest BCUT2D eigenvalue weighted by atomic mass is 10.2. The highest BCUT2D eigenvalue weighted by Crippen LogP contribution is 2.28. The molecule has 22 heavy (non-hydrogen) atoms. The first kappa shape index (κ1) is 15.3. The Morgan fingerprint density at radius 2 is 2.23 bits per heavy atom. The Balaban J connectivity index is 1.67. The normalized spacial score (nSPS) is 17.6. The summed E-state index contributed by atoms with van der Waals surface area (Å²) in [6, 6.07) is 5.03. The van der Waals surface area contributed by atoms with Crippen LogP contribution in [0, 0.1) is 0 Å². The average Bonchev–Trinajstić information content (AvgIpc) is 3.18. The lowest BCUT2D eigenvalue weighted by Crippen LogP contribution is -2.31.